The smallest absolute Gasteiger partial charge is 0.323 e. The van der Waals surface area contributed by atoms with Crippen molar-refractivity contribution in [3.05, 3.63) is 0 Å². The second kappa shape index (κ2) is 5.83. The number of hydrogen-bond acceptors (Lipinski definition) is 4. The van der Waals surface area contributed by atoms with Gasteiger partial charge in [-0.05, 0) is 32.7 Å². The zero-order chi connectivity index (χ0) is 12.3. The van der Waals surface area contributed by atoms with Gasteiger partial charge in [0.05, 0.1) is 6.61 Å². The number of hydrogen-bond donors (Lipinski definition) is 0. The lowest BCUT2D eigenvalue weighted by atomic mass is 10.1. The van der Waals surface area contributed by atoms with Gasteiger partial charge in [-0.2, -0.15) is 0 Å². The number of ether oxygens (including phenoxy) is 1. The Balaban J connectivity index is 1.93. The Bertz CT molecular complexity index is 270. The van der Waals surface area contributed by atoms with Gasteiger partial charge in [-0.15, -0.1) is 0 Å². The molecule has 17 heavy (non-hydrogen) atoms. The van der Waals surface area contributed by atoms with Crippen molar-refractivity contribution in [3.63, 3.8) is 0 Å². The van der Waals surface area contributed by atoms with Crippen molar-refractivity contribution in [3.8, 4) is 0 Å². The van der Waals surface area contributed by atoms with Crippen molar-refractivity contribution in [1.29, 1.82) is 0 Å². The maximum absolute atomic E-state index is 11.9. The van der Waals surface area contributed by atoms with E-state index in [2.05, 4.69) is 16.7 Å². The molecule has 0 aromatic heterocycles. The Morgan fingerprint density at radius 3 is 2.88 bits per heavy atom. The highest BCUT2D eigenvalue weighted by Gasteiger charge is 2.35. The molecule has 4 heteroatoms. The van der Waals surface area contributed by atoms with Crippen LogP contribution in [-0.2, 0) is 9.53 Å². The second-order valence-electron chi connectivity index (χ2n) is 5.00. The van der Waals surface area contributed by atoms with Gasteiger partial charge in [-0.25, -0.2) is 0 Å². The molecular formula is C13H24N2O2. The molecule has 4 nitrogen and oxygen atoms in total. The molecule has 2 heterocycles. The molecule has 2 rings (SSSR count). The average Bonchev–Trinajstić information content (AvgIpc) is 2.77. The maximum atomic E-state index is 11.9. The van der Waals surface area contributed by atoms with Crippen molar-refractivity contribution in [2.75, 3.05) is 32.8 Å². The van der Waals surface area contributed by atoms with E-state index < -0.39 is 0 Å². The van der Waals surface area contributed by atoms with Crippen LogP contribution in [0.4, 0.5) is 0 Å². The normalized spacial score (nSPS) is 27.8. The molecule has 0 bridgehead atoms. The van der Waals surface area contributed by atoms with Gasteiger partial charge in [0, 0.05) is 25.7 Å². The van der Waals surface area contributed by atoms with Crippen LogP contribution in [0.15, 0.2) is 0 Å². The van der Waals surface area contributed by atoms with Crippen LogP contribution >= 0.6 is 0 Å². The van der Waals surface area contributed by atoms with E-state index in [0.717, 1.165) is 26.1 Å². The summed E-state index contributed by atoms with van der Waals surface area (Å²) in [5.74, 6) is -0.0403. The number of carbonyl (C=O) groups excluding carboxylic acids is 1. The summed E-state index contributed by atoms with van der Waals surface area (Å²) in [5.41, 5.74) is 0. The fourth-order valence-corrected chi connectivity index (χ4v) is 3.11. The first-order chi connectivity index (χ1) is 8.26. The summed E-state index contributed by atoms with van der Waals surface area (Å²) in [7, 11) is 0. The summed E-state index contributed by atoms with van der Waals surface area (Å²) < 4.78 is 5.17. The van der Waals surface area contributed by atoms with E-state index in [4.69, 9.17) is 4.74 Å². The first kappa shape index (κ1) is 12.8. The van der Waals surface area contributed by atoms with Crippen molar-refractivity contribution in [2.24, 2.45) is 0 Å². The molecule has 2 saturated heterocycles. The molecule has 98 valence electrons. The van der Waals surface area contributed by atoms with Crippen molar-refractivity contribution < 1.29 is 9.53 Å². The second-order valence-corrected chi connectivity index (χ2v) is 5.00. The van der Waals surface area contributed by atoms with E-state index in [1.165, 1.54) is 19.4 Å². The van der Waals surface area contributed by atoms with E-state index in [1.807, 2.05) is 6.92 Å². The van der Waals surface area contributed by atoms with Crippen LogP contribution < -0.4 is 0 Å². The molecule has 0 N–H and O–H groups in total. The lowest BCUT2D eigenvalue weighted by Crippen LogP contribution is -2.55. The molecule has 2 aliphatic rings. The van der Waals surface area contributed by atoms with E-state index in [9.17, 15) is 4.79 Å². The van der Waals surface area contributed by atoms with Gasteiger partial charge in [0.15, 0.2) is 0 Å². The fraction of sp³-hybridized carbons (Fsp3) is 0.923. The lowest BCUT2D eigenvalue weighted by molar-refractivity contribution is -0.150. The minimum Gasteiger partial charge on any atom is -0.465 e. The van der Waals surface area contributed by atoms with Gasteiger partial charge < -0.3 is 4.74 Å². The largest absolute Gasteiger partial charge is 0.465 e. The van der Waals surface area contributed by atoms with Crippen molar-refractivity contribution in [1.82, 2.24) is 9.80 Å². The average molecular weight is 240 g/mol. The highest BCUT2D eigenvalue weighted by molar-refractivity contribution is 5.75. The molecule has 0 amide bonds. The number of nitrogens with zero attached hydrogens (tertiary/aromatic N) is 2. The lowest BCUT2D eigenvalue weighted by Gasteiger charge is -2.40. The molecule has 0 saturated carbocycles. The van der Waals surface area contributed by atoms with E-state index in [1.54, 1.807) is 0 Å². The van der Waals surface area contributed by atoms with Crippen LogP contribution in [0.2, 0.25) is 0 Å². The van der Waals surface area contributed by atoms with Gasteiger partial charge in [0.1, 0.15) is 6.04 Å². The number of fused-ring (bicyclic) bond motifs is 1. The number of carbonyl (C=O) groups is 1. The summed E-state index contributed by atoms with van der Waals surface area (Å²) >= 11 is 0. The highest BCUT2D eigenvalue weighted by Crippen LogP contribution is 2.23. The van der Waals surface area contributed by atoms with Gasteiger partial charge in [-0.1, -0.05) is 6.92 Å². The van der Waals surface area contributed by atoms with Crippen molar-refractivity contribution in [2.45, 2.75) is 45.2 Å². The van der Waals surface area contributed by atoms with Crippen LogP contribution in [0.3, 0.4) is 0 Å². The van der Waals surface area contributed by atoms with E-state index >= 15 is 0 Å². The Morgan fingerprint density at radius 2 is 2.18 bits per heavy atom. The number of esters is 1. The monoisotopic (exact) mass is 240 g/mol. The maximum Gasteiger partial charge on any atom is 0.323 e. The van der Waals surface area contributed by atoms with Crippen LogP contribution in [0.5, 0.6) is 0 Å². The molecular weight excluding hydrogens is 216 g/mol. The summed E-state index contributed by atoms with van der Waals surface area (Å²) in [6.45, 7) is 8.83. The zero-order valence-electron chi connectivity index (χ0n) is 11.0. The fourth-order valence-electron chi connectivity index (χ4n) is 3.11. The van der Waals surface area contributed by atoms with E-state index in [0.29, 0.717) is 12.6 Å². The van der Waals surface area contributed by atoms with Crippen LogP contribution in [0, 0.1) is 0 Å². The highest BCUT2D eigenvalue weighted by atomic mass is 16.5. The zero-order valence-corrected chi connectivity index (χ0v) is 11.0. The standard InChI is InChI=1S/C13H24N2O2/c1-3-12(13(16)17-4-2)15-9-8-14-7-5-6-11(14)10-15/h11-12H,3-10H2,1-2H3. The minimum absolute atomic E-state index is 0.0299. The Morgan fingerprint density at radius 1 is 1.35 bits per heavy atom. The first-order valence-electron chi connectivity index (χ1n) is 6.91. The SMILES string of the molecule is CCOC(=O)C(CC)N1CCN2CCCC2C1. The molecule has 2 fully saturated rings. The molecule has 2 atom stereocenters. The molecule has 0 aromatic rings. The Hall–Kier alpha value is -0.610. The van der Waals surface area contributed by atoms with Crippen LogP contribution in [0.25, 0.3) is 0 Å². The summed E-state index contributed by atoms with van der Waals surface area (Å²) in [5, 5.41) is 0. The van der Waals surface area contributed by atoms with Gasteiger partial charge >= 0.3 is 5.97 Å². The molecule has 0 spiro atoms. The summed E-state index contributed by atoms with van der Waals surface area (Å²) in [4.78, 5) is 16.8. The predicted octanol–water partition coefficient (Wildman–Crippen LogP) is 1.11. The first-order valence-corrected chi connectivity index (χ1v) is 6.91. The van der Waals surface area contributed by atoms with Crippen LogP contribution in [-0.4, -0.2) is 60.6 Å². The quantitative estimate of drug-likeness (QED) is 0.689. The predicted molar refractivity (Wildman–Crippen MR) is 66.9 cm³/mol. The summed E-state index contributed by atoms with van der Waals surface area (Å²) in [6.07, 6.45) is 3.45. The summed E-state index contributed by atoms with van der Waals surface area (Å²) in [6, 6.07) is 0.643. The third-order valence-electron chi connectivity index (χ3n) is 4.00. The third kappa shape index (κ3) is 2.80. The Labute approximate surface area is 104 Å². The topological polar surface area (TPSA) is 32.8 Å². The number of rotatable bonds is 4. The van der Waals surface area contributed by atoms with Crippen molar-refractivity contribution >= 4 is 5.97 Å². The number of piperazine rings is 1. The van der Waals surface area contributed by atoms with Gasteiger partial charge in [-0.3, -0.25) is 14.6 Å². The molecule has 2 unspecified atom stereocenters. The molecule has 0 aromatic carbocycles. The molecule has 2 aliphatic heterocycles. The Kier molecular flexibility index (Phi) is 4.40. The third-order valence-corrected chi connectivity index (χ3v) is 4.00. The van der Waals surface area contributed by atoms with Crippen LogP contribution in [0.1, 0.15) is 33.1 Å². The van der Waals surface area contributed by atoms with Gasteiger partial charge in [0.2, 0.25) is 0 Å². The molecule has 0 radical (unpaired) electrons. The van der Waals surface area contributed by atoms with Gasteiger partial charge in [0.25, 0.3) is 0 Å². The molecule has 0 aliphatic carbocycles. The van der Waals surface area contributed by atoms with E-state index in [-0.39, 0.29) is 12.0 Å². The minimum atomic E-state index is -0.0403.